The smallest absolute Gasteiger partial charge is 0.233 e. The van der Waals surface area contributed by atoms with Crippen molar-refractivity contribution in [1.82, 2.24) is 9.44 Å². The van der Waals surface area contributed by atoms with Gasteiger partial charge < -0.3 is 20.2 Å². The highest BCUT2D eigenvalue weighted by molar-refractivity contribution is 7.89. The van der Waals surface area contributed by atoms with Crippen molar-refractivity contribution in [3.8, 4) is 0 Å². The molecule has 1 saturated heterocycles. The van der Waals surface area contributed by atoms with Crippen molar-refractivity contribution in [2.24, 2.45) is 17.8 Å². The van der Waals surface area contributed by atoms with Gasteiger partial charge in [0, 0.05) is 37.9 Å². The van der Waals surface area contributed by atoms with Gasteiger partial charge in [0.05, 0.1) is 30.6 Å². The van der Waals surface area contributed by atoms with Gasteiger partial charge in [-0.3, -0.25) is 4.79 Å². The Kier molecular flexibility index (Phi) is 15.3. The first kappa shape index (κ1) is 41.5. The molecule has 286 valence electrons. The van der Waals surface area contributed by atoms with Crippen LogP contribution in [0.25, 0.3) is 0 Å². The number of sulfonamides is 2. The summed E-state index contributed by atoms with van der Waals surface area (Å²) in [4.78, 5) is 15.5. The molecule has 1 fully saturated rings. The minimum absolute atomic E-state index is 0.0459. The standard InChI is InChI=1S/C38H52FN3O8S2/c1-51(47,48)40-23-29(24-41-52(2,49)50)7-3-5-28-11-19-34(20-12-28)42-37(32-13-9-27(10-14-32)6-4-8-30(25-43)26-44)35(38(42)46)21-22-36(45)31-15-17-33(39)18-16-31/h9-20,29-30,35-37,40-41,43-45H,3-8,21-26H2,1-2H3. The van der Waals surface area contributed by atoms with Gasteiger partial charge in [0.2, 0.25) is 26.0 Å². The predicted molar refractivity (Wildman–Crippen MR) is 200 cm³/mol. The summed E-state index contributed by atoms with van der Waals surface area (Å²) in [5, 5.41) is 29.6. The topological polar surface area (TPSA) is 173 Å². The molecule has 1 aliphatic rings. The summed E-state index contributed by atoms with van der Waals surface area (Å²) in [6.45, 7) is 0.150. The highest BCUT2D eigenvalue weighted by Gasteiger charge is 2.48. The van der Waals surface area contributed by atoms with E-state index in [0.29, 0.717) is 37.7 Å². The number of carbonyl (C=O) groups is 1. The molecule has 1 aliphatic heterocycles. The molecule has 3 atom stereocenters. The number of benzene rings is 3. The monoisotopic (exact) mass is 761 g/mol. The van der Waals surface area contributed by atoms with Crippen LogP contribution >= 0.6 is 0 Å². The summed E-state index contributed by atoms with van der Waals surface area (Å²) in [5.41, 5.74) is 4.44. The van der Waals surface area contributed by atoms with Crippen LogP contribution in [0, 0.1) is 23.6 Å². The summed E-state index contributed by atoms with van der Waals surface area (Å²) in [5.74, 6) is -1.16. The van der Waals surface area contributed by atoms with Gasteiger partial charge >= 0.3 is 0 Å². The van der Waals surface area contributed by atoms with Gasteiger partial charge in [-0.25, -0.2) is 30.7 Å². The number of hydrogen-bond donors (Lipinski definition) is 5. The molecule has 11 nitrogen and oxygen atoms in total. The first-order valence-electron chi connectivity index (χ1n) is 17.7. The number of nitrogens with zero attached hydrogens (tertiary/aromatic N) is 1. The molecule has 0 aromatic heterocycles. The van der Waals surface area contributed by atoms with Crippen LogP contribution in [-0.2, 0) is 37.7 Å². The molecule has 1 amide bonds. The molecule has 3 unspecified atom stereocenters. The van der Waals surface area contributed by atoms with Crippen LogP contribution in [0.5, 0.6) is 0 Å². The van der Waals surface area contributed by atoms with Crippen LogP contribution in [0.4, 0.5) is 10.1 Å². The van der Waals surface area contributed by atoms with Gasteiger partial charge in [-0.15, -0.1) is 0 Å². The van der Waals surface area contributed by atoms with Crippen molar-refractivity contribution in [2.75, 3.05) is 43.7 Å². The summed E-state index contributed by atoms with van der Waals surface area (Å²) >= 11 is 0. The number of halogens is 1. The van der Waals surface area contributed by atoms with E-state index in [2.05, 4.69) is 9.44 Å². The van der Waals surface area contributed by atoms with Crippen LogP contribution in [0.15, 0.2) is 72.8 Å². The van der Waals surface area contributed by atoms with Gasteiger partial charge in [0.15, 0.2) is 0 Å². The zero-order valence-corrected chi connectivity index (χ0v) is 31.5. The quantitative estimate of drug-likeness (QED) is 0.0957. The fourth-order valence-electron chi connectivity index (χ4n) is 6.64. The number of β-lactam (4-membered cyclic amide) rings is 1. The number of carbonyl (C=O) groups excluding carboxylic acids is 1. The lowest BCUT2D eigenvalue weighted by Crippen LogP contribution is -2.55. The second-order valence-electron chi connectivity index (χ2n) is 13.9. The SMILES string of the molecule is CS(=O)(=O)NCC(CCCc1ccc(N2C(=O)C(CCC(O)c3ccc(F)cc3)C2c2ccc(CCCC(CO)CO)cc2)cc1)CNS(C)(=O)=O. The van der Waals surface area contributed by atoms with Gasteiger partial charge in [0.25, 0.3) is 0 Å². The lowest BCUT2D eigenvalue weighted by molar-refractivity contribution is -0.131. The average molecular weight is 762 g/mol. The second-order valence-corrected chi connectivity index (χ2v) is 17.6. The zero-order chi connectivity index (χ0) is 37.9. The number of amides is 1. The Bertz CT molecular complexity index is 1750. The Balaban J connectivity index is 1.44. The minimum Gasteiger partial charge on any atom is -0.396 e. The van der Waals surface area contributed by atoms with Crippen LogP contribution in [-0.4, -0.2) is 76.9 Å². The van der Waals surface area contributed by atoms with E-state index in [1.165, 1.54) is 12.1 Å². The van der Waals surface area contributed by atoms with E-state index in [-0.39, 0.29) is 61.8 Å². The summed E-state index contributed by atoms with van der Waals surface area (Å²) in [7, 11) is -6.85. The molecule has 0 bridgehead atoms. The molecule has 14 heteroatoms. The summed E-state index contributed by atoms with van der Waals surface area (Å²) in [6, 6.07) is 21.3. The average Bonchev–Trinajstić information content (AvgIpc) is 3.10. The van der Waals surface area contributed by atoms with Gasteiger partial charge in [-0.05, 0) is 104 Å². The maximum absolute atomic E-state index is 13.7. The Labute approximate surface area is 307 Å². The number of anilines is 1. The molecule has 0 aliphatic carbocycles. The molecule has 0 radical (unpaired) electrons. The third-order valence-electron chi connectivity index (χ3n) is 9.70. The Morgan fingerprint density at radius 2 is 1.23 bits per heavy atom. The third-order valence-corrected chi connectivity index (χ3v) is 11.1. The Hall–Kier alpha value is -3.24. The largest absolute Gasteiger partial charge is 0.396 e. The van der Waals surface area contributed by atoms with E-state index in [4.69, 9.17) is 0 Å². The number of nitrogens with one attached hydrogen (secondary N) is 2. The molecule has 52 heavy (non-hydrogen) atoms. The number of aryl methyl sites for hydroxylation is 2. The molecule has 3 aromatic rings. The molecule has 3 aromatic carbocycles. The Morgan fingerprint density at radius 1 is 0.731 bits per heavy atom. The lowest BCUT2D eigenvalue weighted by atomic mass is 9.78. The number of hydrogen-bond acceptors (Lipinski definition) is 8. The normalized spacial score (nSPS) is 17.2. The molecule has 4 rings (SSSR count). The molecule has 1 heterocycles. The van der Waals surface area contributed by atoms with Crippen molar-refractivity contribution in [3.05, 3.63) is 101 Å². The molecule has 0 saturated carbocycles. The number of aliphatic hydroxyl groups is 3. The van der Waals surface area contributed by atoms with Crippen LogP contribution in [0.3, 0.4) is 0 Å². The number of aliphatic hydroxyl groups excluding tert-OH is 3. The van der Waals surface area contributed by atoms with E-state index >= 15 is 0 Å². The van der Waals surface area contributed by atoms with Crippen LogP contribution in [0.1, 0.15) is 72.9 Å². The first-order valence-corrected chi connectivity index (χ1v) is 21.5. The summed E-state index contributed by atoms with van der Waals surface area (Å²) in [6.07, 6.45) is 6.35. The van der Waals surface area contributed by atoms with Gasteiger partial charge in [0.1, 0.15) is 5.82 Å². The molecule has 0 spiro atoms. The van der Waals surface area contributed by atoms with Crippen molar-refractivity contribution >= 4 is 31.6 Å². The Morgan fingerprint density at radius 3 is 1.73 bits per heavy atom. The maximum atomic E-state index is 13.7. The van der Waals surface area contributed by atoms with E-state index in [9.17, 15) is 41.3 Å². The van der Waals surface area contributed by atoms with Gasteiger partial charge in [-0.1, -0.05) is 48.5 Å². The first-order chi connectivity index (χ1) is 24.7. The van der Waals surface area contributed by atoms with Crippen molar-refractivity contribution in [3.63, 3.8) is 0 Å². The number of rotatable bonds is 22. The highest BCUT2D eigenvalue weighted by atomic mass is 32.2. The van der Waals surface area contributed by atoms with Crippen molar-refractivity contribution in [2.45, 2.75) is 63.5 Å². The van der Waals surface area contributed by atoms with E-state index in [1.807, 2.05) is 48.5 Å². The van der Waals surface area contributed by atoms with Crippen molar-refractivity contribution in [1.29, 1.82) is 0 Å². The molecular weight excluding hydrogens is 710 g/mol. The highest BCUT2D eigenvalue weighted by Crippen LogP contribution is 2.46. The third kappa shape index (κ3) is 12.7. The second kappa shape index (κ2) is 19.2. The zero-order valence-electron chi connectivity index (χ0n) is 29.8. The van der Waals surface area contributed by atoms with Crippen molar-refractivity contribution < 1.29 is 41.3 Å². The molecule has 5 N–H and O–H groups in total. The maximum Gasteiger partial charge on any atom is 0.233 e. The van der Waals surface area contributed by atoms with Crippen LogP contribution in [0.2, 0.25) is 0 Å². The van der Waals surface area contributed by atoms with E-state index in [0.717, 1.165) is 54.2 Å². The van der Waals surface area contributed by atoms with Crippen LogP contribution < -0.4 is 14.3 Å². The van der Waals surface area contributed by atoms with E-state index in [1.54, 1.807) is 17.0 Å². The predicted octanol–water partition coefficient (Wildman–Crippen LogP) is 4.00. The fourth-order valence-corrected chi connectivity index (χ4v) is 7.71. The molecular formula is C38H52FN3O8S2. The summed E-state index contributed by atoms with van der Waals surface area (Å²) < 4.78 is 64.8. The fraction of sp³-hybridized carbons (Fsp3) is 0.500. The minimum atomic E-state index is -3.43. The lowest BCUT2D eigenvalue weighted by Gasteiger charge is -2.48. The van der Waals surface area contributed by atoms with E-state index < -0.39 is 26.2 Å². The van der Waals surface area contributed by atoms with Gasteiger partial charge in [-0.2, -0.15) is 0 Å².